The molecule has 0 aromatic heterocycles. The van der Waals surface area contributed by atoms with Crippen LogP contribution < -0.4 is 0 Å². The van der Waals surface area contributed by atoms with Crippen molar-refractivity contribution >= 4 is 0 Å². The summed E-state index contributed by atoms with van der Waals surface area (Å²) >= 11 is 0. The van der Waals surface area contributed by atoms with Crippen LogP contribution in [0.1, 0.15) is 47.5 Å². The SMILES string of the molecule is C=CCC(C)C.CCC=C(C)C. The smallest absolute Gasteiger partial charge is 0.0330 e. The fraction of sp³-hybridized carbons (Fsp3) is 0.667. The van der Waals surface area contributed by atoms with Gasteiger partial charge in [-0.15, -0.1) is 6.58 Å². The first-order chi connectivity index (χ1) is 5.54. The molecule has 0 unspecified atom stereocenters. The van der Waals surface area contributed by atoms with Crippen LogP contribution >= 0.6 is 0 Å². The second-order valence-corrected chi connectivity index (χ2v) is 3.61. The molecule has 0 aliphatic carbocycles. The van der Waals surface area contributed by atoms with Gasteiger partial charge in [-0.05, 0) is 32.6 Å². The number of allylic oxidation sites excluding steroid dienone is 3. The normalized spacial score (nSPS) is 8.50. The highest BCUT2D eigenvalue weighted by atomic mass is 13.9. The molecular formula is C12H24. The van der Waals surface area contributed by atoms with E-state index in [2.05, 4.69) is 47.3 Å². The zero-order valence-corrected chi connectivity index (χ0v) is 9.35. The van der Waals surface area contributed by atoms with E-state index in [4.69, 9.17) is 0 Å². The Hall–Kier alpha value is -0.520. The molecule has 0 aromatic carbocycles. The van der Waals surface area contributed by atoms with Gasteiger partial charge in [-0.1, -0.05) is 38.5 Å². The molecule has 0 nitrogen and oxygen atoms in total. The van der Waals surface area contributed by atoms with Crippen LogP contribution in [0.25, 0.3) is 0 Å². The van der Waals surface area contributed by atoms with Gasteiger partial charge >= 0.3 is 0 Å². The quantitative estimate of drug-likeness (QED) is 0.541. The van der Waals surface area contributed by atoms with Crippen LogP contribution in [-0.4, -0.2) is 0 Å². The summed E-state index contributed by atoms with van der Waals surface area (Å²) in [5, 5.41) is 0. The maximum absolute atomic E-state index is 3.60. The molecule has 0 atom stereocenters. The Morgan fingerprint density at radius 3 is 1.83 bits per heavy atom. The van der Waals surface area contributed by atoms with Gasteiger partial charge in [0.05, 0.1) is 0 Å². The first kappa shape index (κ1) is 14.0. The molecule has 72 valence electrons. The Balaban J connectivity index is 0. The van der Waals surface area contributed by atoms with E-state index in [0.29, 0.717) is 0 Å². The molecule has 0 bridgehead atoms. The predicted octanol–water partition coefficient (Wildman–Crippen LogP) is 4.58. The fourth-order valence-corrected chi connectivity index (χ4v) is 0.742. The van der Waals surface area contributed by atoms with Gasteiger partial charge in [0, 0.05) is 0 Å². The van der Waals surface area contributed by atoms with Crippen molar-refractivity contribution in [1.82, 2.24) is 0 Å². The van der Waals surface area contributed by atoms with Gasteiger partial charge in [-0.3, -0.25) is 0 Å². The van der Waals surface area contributed by atoms with Crippen molar-refractivity contribution in [2.45, 2.75) is 47.5 Å². The summed E-state index contributed by atoms with van der Waals surface area (Å²) in [6, 6.07) is 0. The summed E-state index contributed by atoms with van der Waals surface area (Å²) in [6.07, 6.45) is 6.47. The van der Waals surface area contributed by atoms with Gasteiger partial charge in [-0.2, -0.15) is 0 Å². The Morgan fingerprint density at radius 1 is 1.33 bits per heavy atom. The molecule has 0 N–H and O–H groups in total. The molecule has 0 amide bonds. The molecule has 0 heteroatoms. The minimum Gasteiger partial charge on any atom is -0.103 e. The molecule has 12 heavy (non-hydrogen) atoms. The lowest BCUT2D eigenvalue weighted by Gasteiger charge is -1.92. The topological polar surface area (TPSA) is 0 Å². The molecule has 0 aliphatic heterocycles. The number of rotatable bonds is 3. The van der Waals surface area contributed by atoms with Crippen molar-refractivity contribution in [3.63, 3.8) is 0 Å². The average molecular weight is 168 g/mol. The van der Waals surface area contributed by atoms with Gasteiger partial charge in [-0.25, -0.2) is 0 Å². The molecular weight excluding hydrogens is 144 g/mol. The van der Waals surface area contributed by atoms with E-state index < -0.39 is 0 Å². The molecule has 0 spiro atoms. The van der Waals surface area contributed by atoms with E-state index in [1.165, 1.54) is 12.0 Å². The van der Waals surface area contributed by atoms with E-state index in [-0.39, 0.29) is 0 Å². The average Bonchev–Trinajstić information content (AvgIpc) is 1.87. The van der Waals surface area contributed by atoms with E-state index in [0.717, 1.165) is 12.3 Å². The second-order valence-electron chi connectivity index (χ2n) is 3.61. The van der Waals surface area contributed by atoms with Gasteiger partial charge in [0.15, 0.2) is 0 Å². The third-order valence-electron chi connectivity index (χ3n) is 1.25. The highest BCUT2D eigenvalue weighted by molar-refractivity contribution is 4.91. The molecule has 0 rings (SSSR count). The van der Waals surface area contributed by atoms with Crippen LogP contribution in [0.2, 0.25) is 0 Å². The maximum atomic E-state index is 3.60. The second kappa shape index (κ2) is 10.5. The highest BCUT2D eigenvalue weighted by Gasteiger charge is 1.82. The third kappa shape index (κ3) is 22.7. The summed E-state index contributed by atoms with van der Waals surface area (Å²) in [5.74, 6) is 0.780. The van der Waals surface area contributed by atoms with Crippen molar-refractivity contribution in [2.75, 3.05) is 0 Å². The van der Waals surface area contributed by atoms with Gasteiger partial charge in [0.2, 0.25) is 0 Å². The van der Waals surface area contributed by atoms with Gasteiger partial charge in [0.25, 0.3) is 0 Å². The predicted molar refractivity (Wildman–Crippen MR) is 59.4 cm³/mol. The zero-order valence-electron chi connectivity index (χ0n) is 9.35. The van der Waals surface area contributed by atoms with E-state index >= 15 is 0 Å². The Kier molecular flexibility index (Phi) is 12.3. The minimum absolute atomic E-state index is 0.780. The lowest BCUT2D eigenvalue weighted by atomic mass is 10.1. The molecule has 0 aliphatic rings. The molecule has 0 radical (unpaired) electrons. The van der Waals surface area contributed by atoms with Gasteiger partial charge < -0.3 is 0 Å². The standard InChI is InChI=1S/2C6H12/c2*1-4-5-6(2)3/h5H,4H2,1-3H3;4,6H,1,5H2,2-3H3. The summed E-state index contributed by atoms with van der Waals surface area (Å²) in [7, 11) is 0. The van der Waals surface area contributed by atoms with Crippen molar-refractivity contribution in [1.29, 1.82) is 0 Å². The van der Waals surface area contributed by atoms with Crippen LogP contribution in [0, 0.1) is 5.92 Å². The third-order valence-corrected chi connectivity index (χ3v) is 1.25. The number of hydrogen-bond donors (Lipinski definition) is 0. The van der Waals surface area contributed by atoms with Crippen molar-refractivity contribution in [2.24, 2.45) is 5.92 Å². The molecule has 0 saturated heterocycles. The van der Waals surface area contributed by atoms with E-state index in [1.807, 2.05) is 6.08 Å². The minimum atomic E-state index is 0.780. The summed E-state index contributed by atoms with van der Waals surface area (Å²) in [4.78, 5) is 0. The van der Waals surface area contributed by atoms with Crippen LogP contribution in [0.5, 0.6) is 0 Å². The Bertz CT molecular complexity index is 114. The van der Waals surface area contributed by atoms with E-state index in [9.17, 15) is 0 Å². The first-order valence-corrected chi connectivity index (χ1v) is 4.78. The summed E-state index contributed by atoms with van der Waals surface area (Å²) in [5.41, 5.74) is 1.41. The van der Waals surface area contributed by atoms with Crippen molar-refractivity contribution in [3.05, 3.63) is 24.3 Å². The summed E-state index contributed by atoms with van der Waals surface area (Å²) < 4.78 is 0. The van der Waals surface area contributed by atoms with Crippen molar-refractivity contribution < 1.29 is 0 Å². The van der Waals surface area contributed by atoms with Crippen LogP contribution in [0.4, 0.5) is 0 Å². The van der Waals surface area contributed by atoms with Gasteiger partial charge in [0.1, 0.15) is 0 Å². The molecule has 0 heterocycles. The lowest BCUT2D eigenvalue weighted by molar-refractivity contribution is 0.664. The molecule has 0 fully saturated rings. The Morgan fingerprint density at radius 2 is 1.83 bits per heavy atom. The fourth-order valence-electron chi connectivity index (χ4n) is 0.742. The molecule has 0 saturated carbocycles. The maximum Gasteiger partial charge on any atom is -0.0330 e. The molecule has 0 aromatic rings. The lowest BCUT2D eigenvalue weighted by Crippen LogP contribution is -1.78. The largest absolute Gasteiger partial charge is 0.103 e. The first-order valence-electron chi connectivity index (χ1n) is 4.78. The van der Waals surface area contributed by atoms with Crippen LogP contribution in [0.15, 0.2) is 24.3 Å². The Labute approximate surface area is 78.4 Å². The zero-order chi connectivity index (χ0) is 9.98. The van der Waals surface area contributed by atoms with E-state index in [1.54, 1.807) is 0 Å². The van der Waals surface area contributed by atoms with Crippen LogP contribution in [-0.2, 0) is 0 Å². The van der Waals surface area contributed by atoms with Crippen LogP contribution in [0.3, 0.4) is 0 Å². The summed E-state index contributed by atoms with van der Waals surface area (Å²) in [6.45, 7) is 14.3. The van der Waals surface area contributed by atoms with Crippen molar-refractivity contribution in [3.8, 4) is 0 Å². The monoisotopic (exact) mass is 168 g/mol. The highest BCUT2D eigenvalue weighted by Crippen LogP contribution is 1.96. The number of hydrogen-bond acceptors (Lipinski definition) is 0.